The van der Waals surface area contributed by atoms with Crippen LogP contribution in [0.3, 0.4) is 0 Å². The average molecular weight is 262 g/mol. The lowest BCUT2D eigenvalue weighted by molar-refractivity contribution is 0.468. The van der Waals surface area contributed by atoms with Gasteiger partial charge in [0.1, 0.15) is 0 Å². The number of hydrogen-bond donors (Lipinski definition) is 0. The molecular weight excluding hydrogens is 250 g/mol. The number of hydrogen-bond acceptors (Lipinski definition) is 4. The third-order valence-electron chi connectivity index (χ3n) is 2.30. The minimum Gasteiger partial charge on any atom is -0.229 e. The van der Waals surface area contributed by atoms with Crippen molar-refractivity contribution in [2.45, 2.75) is 18.1 Å². The molecule has 1 fully saturated rings. The SMILES string of the molecule is CN(CC1CCCS1(=O)=O)S(=O)(=O)Cl. The van der Waals surface area contributed by atoms with Crippen LogP contribution in [0.15, 0.2) is 0 Å². The maximum Gasteiger partial charge on any atom is 0.299 e. The molecule has 0 radical (unpaired) electrons. The van der Waals surface area contributed by atoms with Crippen molar-refractivity contribution in [3.63, 3.8) is 0 Å². The zero-order valence-corrected chi connectivity index (χ0v) is 10.1. The van der Waals surface area contributed by atoms with E-state index in [1.165, 1.54) is 7.05 Å². The lowest BCUT2D eigenvalue weighted by Gasteiger charge is -2.16. The fourth-order valence-corrected chi connectivity index (χ4v) is 3.94. The van der Waals surface area contributed by atoms with Crippen LogP contribution in [-0.2, 0) is 19.1 Å². The lowest BCUT2D eigenvalue weighted by Crippen LogP contribution is -2.34. The Morgan fingerprint density at radius 1 is 1.50 bits per heavy atom. The van der Waals surface area contributed by atoms with Crippen molar-refractivity contribution in [2.75, 3.05) is 19.3 Å². The predicted octanol–water partition coefficient (Wildman–Crippen LogP) is -0.0210. The second-order valence-electron chi connectivity index (χ2n) is 3.35. The highest BCUT2D eigenvalue weighted by Gasteiger charge is 2.33. The molecule has 1 heterocycles. The molecule has 0 N–H and O–H groups in total. The van der Waals surface area contributed by atoms with Gasteiger partial charge in [-0.3, -0.25) is 0 Å². The summed E-state index contributed by atoms with van der Waals surface area (Å²) in [6, 6.07) is 0. The fraction of sp³-hybridized carbons (Fsp3) is 1.00. The van der Waals surface area contributed by atoms with Crippen molar-refractivity contribution in [1.29, 1.82) is 0 Å². The fourth-order valence-electron chi connectivity index (χ4n) is 1.44. The summed E-state index contributed by atoms with van der Waals surface area (Å²) in [5.41, 5.74) is 0. The Morgan fingerprint density at radius 3 is 2.43 bits per heavy atom. The molecule has 1 atom stereocenters. The Labute approximate surface area is 88.5 Å². The first-order valence-corrected chi connectivity index (χ1v) is 8.09. The lowest BCUT2D eigenvalue weighted by atomic mass is 10.2. The molecule has 1 rings (SSSR count). The first-order chi connectivity index (χ1) is 6.23. The van der Waals surface area contributed by atoms with E-state index in [9.17, 15) is 16.8 Å². The van der Waals surface area contributed by atoms with E-state index in [4.69, 9.17) is 10.7 Å². The molecule has 0 aromatic carbocycles. The highest BCUT2D eigenvalue weighted by atomic mass is 35.7. The molecule has 0 saturated carbocycles. The van der Waals surface area contributed by atoms with Gasteiger partial charge in [-0.05, 0) is 12.8 Å². The van der Waals surface area contributed by atoms with Gasteiger partial charge in [0.15, 0.2) is 9.84 Å². The van der Waals surface area contributed by atoms with Gasteiger partial charge in [0.05, 0.1) is 11.0 Å². The van der Waals surface area contributed by atoms with E-state index in [-0.39, 0.29) is 12.3 Å². The van der Waals surface area contributed by atoms with E-state index in [1.807, 2.05) is 0 Å². The molecule has 0 aromatic rings. The van der Waals surface area contributed by atoms with Gasteiger partial charge in [-0.25, -0.2) is 8.42 Å². The molecule has 0 amide bonds. The number of halogens is 1. The van der Waals surface area contributed by atoms with Crippen LogP contribution in [0.4, 0.5) is 0 Å². The summed E-state index contributed by atoms with van der Waals surface area (Å²) >= 11 is 0. The van der Waals surface area contributed by atoms with Gasteiger partial charge in [0.25, 0.3) is 9.24 Å². The molecular formula is C6H12ClNO4S2. The average Bonchev–Trinajstić information content (AvgIpc) is 2.29. The van der Waals surface area contributed by atoms with Crippen LogP contribution in [0, 0.1) is 0 Å². The molecule has 0 aliphatic carbocycles. The number of rotatable bonds is 3. The quantitative estimate of drug-likeness (QED) is 0.670. The Morgan fingerprint density at radius 2 is 2.07 bits per heavy atom. The van der Waals surface area contributed by atoms with Crippen LogP contribution in [0.25, 0.3) is 0 Å². The third kappa shape index (κ3) is 2.82. The van der Waals surface area contributed by atoms with Crippen LogP contribution >= 0.6 is 10.7 Å². The zero-order chi connectivity index (χ0) is 11.0. The minimum atomic E-state index is -3.80. The molecule has 14 heavy (non-hydrogen) atoms. The molecule has 0 aromatic heterocycles. The Hall–Kier alpha value is 0.150. The highest BCUT2D eigenvalue weighted by molar-refractivity contribution is 8.11. The molecule has 5 nitrogen and oxygen atoms in total. The van der Waals surface area contributed by atoms with Crippen molar-refractivity contribution >= 4 is 29.8 Å². The normalized spacial score (nSPS) is 26.9. The van der Waals surface area contributed by atoms with Gasteiger partial charge >= 0.3 is 0 Å². The van der Waals surface area contributed by atoms with E-state index < -0.39 is 24.3 Å². The number of sulfone groups is 1. The van der Waals surface area contributed by atoms with E-state index in [0.29, 0.717) is 12.8 Å². The molecule has 1 aliphatic rings. The summed E-state index contributed by atoms with van der Waals surface area (Å²) < 4.78 is 45.2. The number of nitrogens with zero attached hydrogens (tertiary/aromatic N) is 1. The van der Waals surface area contributed by atoms with E-state index in [2.05, 4.69) is 0 Å². The first-order valence-electron chi connectivity index (χ1n) is 4.11. The zero-order valence-electron chi connectivity index (χ0n) is 7.68. The van der Waals surface area contributed by atoms with Crippen LogP contribution < -0.4 is 0 Å². The van der Waals surface area contributed by atoms with Crippen LogP contribution in [0.2, 0.25) is 0 Å². The van der Waals surface area contributed by atoms with Gasteiger partial charge < -0.3 is 0 Å². The summed E-state index contributed by atoms with van der Waals surface area (Å²) in [7, 11) is -0.574. The van der Waals surface area contributed by atoms with Crippen molar-refractivity contribution in [2.24, 2.45) is 0 Å². The maximum absolute atomic E-state index is 11.4. The van der Waals surface area contributed by atoms with Gasteiger partial charge in [-0.1, -0.05) is 0 Å². The Bertz CT molecular complexity index is 402. The Kier molecular flexibility index (Phi) is 3.45. The third-order valence-corrected chi connectivity index (χ3v) is 6.15. The largest absolute Gasteiger partial charge is 0.299 e. The van der Waals surface area contributed by atoms with E-state index >= 15 is 0 Å². The van der Waals surface area contributed by atoms with Crippen molar-refractivity contribution < 1.29 is 16.8 Å². The van der Waals surface area contributed by atoms with Crippen molar-refractivity contribution in [1.82, 2.24) is 4.31 Å². The van der Waals surface area contributed by atoms with Crippen molar-refractivity contribution in [3.05, 3.63) is 0 Å². The highest BCUT2D eigenvalue weighted by Crippen LogP contribution is 2.21. The summed E-state index contributed by atoms with van der Waals surface area (Å²) in [6.45, 7) is -0.0475. The van der Waals surface area contributed by atoms with Gasteiger partial charge in [0, 0.05) is 24.3 Å². The summed E-state index contributed by atoms with van der Waals surface area (Å²) in [5.74, 6) is 0.147. The minimum absolute atomic E-state index is 0.0475. The standard InChI is InChI=1S/C6H12ClNO4S2/c1-8(14(7,11)12)5-6-3-2-4-13(6,9)10/h6H,2-5H2,1H3. The molecule has 1 aliphatic heterocycles. The second-order valence-corrected chi connectivity index (χ2v) is 8.37. The first kappa shape index (κ1) is 12.2. The molecule has 1 saturated heterocycles. The van der Waals surface area contributed by atoms with Gasteiger partial charge in [0.2, 0.25) is 0 Å². The predicted molar refractivity (Wildman–Crippen MR) is 54.2 cm³/mol. The monoisotopic (exact) mass is 261 g/mol. The van der Waals surface area contributed by atoms with E-state index in [1.54, 1.807) is 0 Å². The second kappa shape index (κ2) is 3.96. The Balaban J connectivity index is 2.71. The summed E-state index contributed by atoms with van der Waals surface area (Å²) in [4.78, 5) is 0. The molecule has 0 bridgehead atoms. The van der Waals surface area contributed by atoms with Crippen LogP contribution in [-0.4, -0.2) is 45.7 Å². The van der Waals surface area contributed by atoms with Gasteiger partial charge in [-0.15, -0.1) is 0 Å². The molecule has 0 spiro atoms. The molecule has 1 unspecified atom stereocenters. The smallest absolute Gasteiger partial charge is 0.229 e. The summed E-state index contributed by atoms with van der Waals surface area (Å²) in [6.07, 6.45) is 1.11. The topological polar surface area (TPSA) is 71.5 Å². The molecule has 84 valence electrons. The summed E-state index contributed by atoms with van der Waals surface area (Å²) in [5, 5.41) is -0.596. The van der Waals surface area contributed by atoms with Crippen LogP contribution in [0.1, 0.15) is 12.8 Å². The van der Waals surface area contributed by atoms with Crippen LogP contribution in [0.5, 0.6) is 0 Å². The van der Waals surface area contributed by atoms with E-state index in [0.717, 1.165) is 4.31 Å². The van der Waals surface area contributed by atoms with Gasteiger partial charge in [-0.2, -0.15) is 12.7 Å². The molecule has 8 heteroatoms. The van der Waals surface area contributed by atoms with Crippen molar-refractivity contribution in [3.8, 4) is 0 Å². The maximum atomic E-state index is 11.4.